The van der Waals surface area contributed by atoms with Crippen LogP contribution in [-0.4, -0.2) is 37.0 Å². The number of hydrogen-bond acceptors (Lipinski definition) is 3. The third-order valence-corrected chi connectivity index (χ3v) is 4.67. The Bertz CT molecular complexity index is 491. The summed E-state index contributed by atoms with van der Waals surface area (Å²) in [6, 6.07) is 3.11. The zero-order valence-electron chi connectivity index (χ0n) is 12.2. The van der Waals surface area contributed by atoms with E-state index in [-0.39, 0.29) is 5.91 Å². The van der Waals surface area contributed by atoms with E-state index in [0.29, 0.717) is 33.8 Å². The zero-order chi connectivity index (χ0) is 15.4. The van der Waals surface area contributed by atoms with Gasteiger partial charge in [0, 0.05) is 12.1 Å². The van der Waals surface area contributed by atoms with Gasteiger partial charge in [0.05, 0.1) is 15.7 Å². The molecule has 3 N–H and O–H groups in total. The lowest BCUT2D eigenvalue weighted by Crippen LogP contribution is -2.38. The van der Waals surface area contributed by atoms with E-state index in [2.05, 4.69) is 17.1 Å². The monoisotopic (exact) mass is 329 g/mol. The Kier molecular flexibility index (Phi) is 5.73. The van der Waals surface area contributed by atoms with Crippen LogP contribution in [0, 0.1) is 5.92 Å². The van der Waals surface area contributed by atoms with Crippen molar-refractivity contribution in [1.29, 1.82) is 0 Å². The number of benzene rings is 1. The van der Waals surface area contributed by atoms with E-state index in [1.165, 1.54) is 0 Å². The Balaban J connectivity index is 1.88. The first-order valence-electron chi connectivity index (χ1n) is 7.26. The second-order valence-electron chi connectivity index (χ2n) is 5.44. The maximum atomic E-state index is 12.1. The van der Waals surface area contributed by atoms with Gasteiger partial charge >= 0.3 is 0 Å². The van der Waals surface area contributed by atoms with Crippen molar-refractivity contribution < 1.29 is 4.79 Å². The van der Waals surface area contributed by atoms with Crippen LogP contribution >= 0.6 is 23.2 Å². The topological polar surface area (TPSA) is 58.4 Å². The second kappa shape index (κ2) is 7.34. The summed E-state index contributed by atoms with van der Waals surface area (Å²) in [5, 5.41) is 3.58. The molecule has 0 unspecified atom stereocenters. The Morgan fingerprint density at radius 3 is 2.43 bits per heavy atom. The van der Waals surface area contributed by atoms with Crippen molar-refractivity contribution in [2.75, 3.05) is 31.9 Å². The lowest BCUT2D eigenvalue weighted by Gasteiger charge is -2.31. The van der Waals surface area contributed by atoms with Gasteiger partial charge in [0.25, 0.3) is 5.91 Å². The quantitative estimate of drug-likeness (QED) is 0.835. The van der Waals surface area contributed by atoms with Crippen LogP contribution in [0.1, 0.15) is 30.1 Å². The maximum absolute atomic E-state index is 12.1. The molecule has 0 saturated carbocycles. The van der Waals surface area contributed by atoms with Crippen molar-refractivity contribution in [3.63, 3.8) is 0 Å². The molecule has 21 heavy (non-hydrogen) atoms. The molecular formula is C15H21Cl2N3O. The average Bonchev–Trinajstić information content (AvgIpc) is 2.50. The summed E-state index contributed by atoms with van der Waals surface area (Å²) in [7, 11) is 0. The van der Waals surface area contributed by atoms with Gasteiger partial charge in [0.15, 0.2) is 0 Å². The normalized spacial score (nSPS) is 16.9. The van der Waals surface area contributed by atoms with E-state index >= 15 is 0 Å². The van der Waals surface area contributed by atoms with Gasteiger partial charge in [-0.1, -0.05) is 30.1 Å². The molecule has 1 aliphatic heterocycles. The molecule has 1 aromatic carbocycles. The first-order valence-corrected chi connectivity index (χ1v) is 8.02. The first-order chi connectivity index (χ1) is 10.0. The van der Waals surface area contributed by atoms with Gasteiger partial charge in [-0.05, 0) is 50.5 Å². The number of hydrogen-bond donors (Lipinski definition) is 2. The van der Waals surface area contributed by atoms with E-state index in [4.69, 9.17) is 28.9 Å². The summed E-state index contributed by atoms with van der Waals surface area (Å²) in [4.78, 5) is 14.6. The molecule has 0 atom stereocenters. The number of amides is 1. The molecule has 1 aromatic rings. The van der Waals surface area contributed by atoms with Gasteiger partial charge in [0.2, 0.25) is 0 Å². The standard InChI is InChI=1S/C15H21Cl2N3O/c1-2-20-5-3-10(4-6-20)9-19-15(21)11-7-12(16)14(18)13(17)8-11/h7-8,10H,2-6,9,18H2,1H3,(H,19,21). The van der Waals surface area contributed by atoms with Crippen LogP contribution in [0.4, 0.5) is 5.69 Å². The number of piperidine rings is 1. The molecule has 1 aliphatic rings. The van der Waals surface area contributed by atoms with Gasteiger partial charge in [0.1, 0.15) is 0 Å². The van der Waals surface area contributed by atoms with Crippen molar-refractivity contribution >= 4 is 34.8 Å². The van der Waals surface area contributed by atoms with E-state index in [1.54, 1.807) is 12.1 Å². The molecular weight excluding hydrogens is 309 g/mol. The van der Waals surface area contributed by atoms with Crippen LogP contribution in [0.3, 0.4) is 0 Å². The third kappa shape index (κ3) is 4.25. The minimum atomic E-state index is -0.156. The SMILES string of the molecule is CCN1CCC(CNC(=O)c2cc(Cl)c(N)c(Cl)c2)CC1. The number of nitrogens with zero attached hydrogens (tertiary/aromatic N) is 1. The summed E-state index contributed by atoms with van der Waals surface area (Å²) >= 11 is 11.9. The van der Waals surface area contributed by atoms with E-state index < -0.39 is 0 Å². The van der Waals surface area contributed by atoms with Crippen LogP contribution < -0.4 is 11.1 Å². The average molecular weight is 330 g/mol. The minimum absolute atomic E-state index is 0.156. The van der Waals surface area contributed by atoms with Gasteiger partial charge < -0.3 is 16.0 Å². The summed E-state index contributed by atoms with van der Waals surface area (Å²) in [5.41, 5.74) is 6.42. The maximum Gasteiger partial charge on any atom is 0.251 e. The number of nitrogen functional groups attached to an aromatic ring is 1. The predicted molar refractivity (Wildman–Crippen MR) is 88.0 cm³/mol. The van der Waals surface area contributed by atoms with Gasteiger partial charge in [-0.15, -0.1) is 0 Å². The minimum Gasteiger partial charge on any atom is -0.396 e. The molecule has 1 saturated heterocycles. The van der Waals surface area contributed by atoms with Crippen LogP contribution in [0.25, 0.3) is 0 Å². The van der Waals surface area contributed by atoms with Gasteiger partial charge in [-0.25, -0.2) is 0 Å². The van der Waals surface area contributed by atoms with E-state index in [0.717, 1.165) is 32.5 Å². The van der Waals surface area contributed by atoms with E-state index in [1.807, 2.05) is 0 Å². The number of likely N-dealkylation sites (tertiary alicyclic amines) is 1. The number of rotatable bonds is 4. The zero-order valence-corrected chi connectivity index (χ0v) is 13.7. The van der Waals surface area contributed by atoms with Crippen molar-refractivity contribution in [2.45, 2.75) is 19.8 Å². The van der Waals surface area contributed by atoms with Crippen molar-refractivity contribution in [3.8, 4) is 0 Å². The van der Waals surface area contributed by atoms with Crippen LogP contribution in [0.15, 0.2) is 12.1 Å². The smallest absolute Gasteiger partial charge is 0.251 e. The van der Waals surface area contributed by atoms with E-state index in [9.17, 15) is 4.79 Å². The lowest BCUT2D eigenvalue weighted by molar-refractivity contribution is 0.0937. The number of halogens is 2. The summed E-state index contributed by atoms with van der Waals surface area (Å²) in [6.45, 7) is 6.18. The lowest BCUT2D eigenvalue weighted by atomic mass is 9.97. The summed E-state index contributed by atoms with van der Waals surface area (Å²) in [6.07, 6.45) is 2.24. The Hall–Kier alpha value is -0.970. The van der Waals surface area contributed by atoms with Crippen molar-refractivity contribution in [3.05, 3.63) is 27.7 Å². The van der Waals surface area contributed by atoms with Crippen molar-refractivity contribution in [1.82, 2.24) is 10.2 Å². The summed E-state index contributed by atoms with van der Waals surface area (Å²) < 4.78 is 0. The number of anilines is 1. The molecule has 1 heterocycles. The molecule has 6 heteroatoms. The Labute approximate surface area is 135 Å². The molecule has 0 aromatic heterocycles. The van der Waals surface area contributed by atoms with Gasteiger partial charge in [-0.2, -0.15) is 0 Å². The Morgan fingerprint density at radius 2 is 1.90 bits per heavy atom. The Morgan fingerprint density at radius 1 is 1.33 bits per heavy atom. The molecule has 4 nitrogen and oxygen atoms in total. The number of carbonyl (C=O) groups excluding carboxylic acids is 1. The highest BCUT2D eigenvalue weighted by Gasteiger charge is 2.19. The fourth-order valence-electron chi connectivity index (χ4n) is 2.56. The van der Waals surface area contributed by atoms with Crippen LogP contribution in [0.5, 0.6) is 0 Å². The van der Waals surface area contributed by atoms with Crippen LogP contribution in [-0.2, 0) is 0 Å². The first kappa shape index (κ1) is 16.4. The number of nitrogens with one attached hydrogen (secondary N) is 1. The molecule has 0 aliphatic carbocycles. The fraction of sp³-hybridized carbons (Fsp3) is 0.533. The molecule has 1 amide bonds. The molecule has 0 radical (unpaired) electrons. The highest BCUT2D eigenvalue weighted by Crippen LogP contribution is 2.28. The molecule has 0 spiro atoms. The second-order valence-corrected chi connectivity index (χ2v) is 6.26. The molecule has 0 bridgehead atoms. The largest absolute Gasteiger partial charge is 0.396 e. The highest BCUT2D eigenvalue weighted by molar-refractivity contribution is 6.39. The van der Waals surface area contributed by atoms with Crippen LogP contribution in [0.2, 0.25) is 10.0 Å². The predicted octanol–water partition coefficient (Wildman–Crippen LogP) is 3.04. The molecule has 2 rings (SSSR count). The third-order valence-electron chi connectivity index (χ3n) is 4.05. The fourth-order valence-corrected chi connectivity index (χ4v) is 3.05. The highest BCUT2D eigenvalue weighted by atomic mass is 35.5. The molecule has 1 fully saturated rings. The van der Waals surface area contributed by atoms with Crippen molar-refractivity contribution in [2.24, 2.45) is 5.92 Å². The molecule has 116 valence electrons. The number of carbonyl (C=O) groups is 1. The van der Waals surface area contributed by atoms with Gasteiger partial charge in [-0.3, -0.25) is 4.79 Å². The number of nitrogens with two attached hydrogens (primary N) is 1. The summed E-state index contributed by atoms with van der Waals surface area (Å²) in [5.74, 6) is 0.383.